The van der Waals surface area contributed by atoms with Crippen LogP contribution in [0.1, 0.15) is 97.8 Å². The van der Waals surface area contributed by atoms with Crippen molar-refractivity contribution in [1.29, 1.82) is 0 Å². The van der Waals surface area contributed by atoms with E-state index in [9.17, 15) is 0 Å². The number of hydrogen-bond acceptors (Lipinski definition) is 4. The van der Waals surface area contributed by atoms with E-state index >= 15 is 0 Å². The average molecular weight is 1050 g/mol. The summed E-state index contributed by atoms with van der Waals surface area (Å²) in [6.07, 6.45) is 4.55. The van der Waals surface area contributed by atoms with Crippen molar-refractivity contribution in [3.8, 4) is 22.3 Å². The van der Waals surface area contributed by atoms with Crippen molar-refractivity contribution in [2.24, 2.45) is 0 Å². The lowest BCUT2D eigenvalue weighted by atomic mass is 9.33. The van der Waals surface area contributed by atoms with Crippen molar-refractivity contribution in [3.63, 3.8) is 0 Å². The van der Waals surface area contributed by atoms with Crippen molar-refractivity contribution >= 4 is 85.7 Å². The lowest BCUT2D eigenvalue weighted by molar-refractivity contribution is 0.195. The predicted molar refractivity (Wildman–Crippen MR) is 346 cm³/mol. The fourth-order valence-electron chi connectivity index (χ4n) is 14.4. The van der Waals surface area contributed by atoms with Crippen LogP contribution in [0.25, 0.3) is 22.3 Å². The van der Waals surface area contributed by atoms with Crippen molar-refractivity contribution < 1.29 is 0 Å². The topological polar surface area (TPSA) is 13.0 Å². The van der Waals surface area contributed by atoms with Crippen molar-refractivity contribution in [1.82, 2.24) is 0 Å². The van der Waals surface area contributed by atoms with Gasteiger partial charge in [-0.25, -0.2) is 0 Å². The molecule has 81 heavy (non-hydrogen) atoms. The molecule has 4 nitrogen and oxygen atoms in total. The molecule has 4 aliphatic rings. The van der Waals surface area contributed by atoms with E-state index in [4.69, 9.17) is 0 Å². The molecule has 14 rings (SSSR count). The maximum absolute atomic E-state index is 2.81. The van der Waals surface area contributed by atoms with Gasteiger partial charge in [0.15, 0.2) is 0 Å². The third-order valence-corrected chi connectivity index (χ3v) is 18.8. The number of rotatable bonds is 8. The highest BCUT2D eigenvalue weighted by molar-refractivity contribution is 7.00. The quantitative estimate of drug-likeness (QED) is 0.141. The zero-order valence-corrected chi connectivity index (χ0v) is 48.2. The Morgan fingerprint density at radius 3 is 1.49 bits per heavy atom. The summed E-state index contributed by atoms with van der Waals surface area (Å²) in [5.74, 6) is 0. The lowest BCUT2D eigenvalue weighted by Crippen LogP contribution is -2.61. The molecule has 3 heterocycles. The molecule has 2 atom stereocenters. The third kappa shape index (κ3) is 8.25. The normalized spacial score (nSPS) is 17.9. The lowest BCUT2D eigenvalue weighted by Gasteiger charge is -2.51. The first-order valence-corrected chi connectivity index (χ1v) is 29.4. The Bertz CT molecular complexity index is 3990. The molecule has 5 heteroatoms. The predicted octanol–water partition coefficient (Wildman–Crippen LogP) is 18.9. The van der Waals surface area contributed by atoms with Gasteiger partial charge in [0.2, 0.25) is 0 Å². The van der Waals surface area contributed by atoms with E-state index in [0.29, 0.717) is 0 Å². The Labute approximate surface area is 481 Å². The van der Waals surface area contributed by atoms with Crippen LogP contribution in [0, 0.1) is 0 Å². The van der Waals surface area contributed by atoms with Gasteiger partial charge in [0.05, 0.1) is 5.54 Å². The Hall–Kier alpha value is -8.54. The van der Waals surface area contributed by atoms with Gasteiger partial charge in [0, 0.05) is 68.0 Å². The molecule has 1 aliphatic carbocycles. The zero-order valence-electron chi connectivity index (χ0n) is 48.2. The van der Waals surface area contributed by atoms with Crippen LogP contribution < -0.4 is 36.0 Å². The molecule has 1 saturated carbocycles. The molecule has 2 unspecified atom stereocenters. The van der Waals surface area contributed by atoms with E-state index in [1.165, 1.54) is 114 Å². The second-order valence-electron chi connectivity index (χ2n) is 25.7. The summed E-state index contributed by atoms with van der Waals surface area (Å²) >= 11 is 0. The number of fused-ring (bicyclic) bond motifs is 7. The van der Waals surface area contributed by atoms with Gasteiger partial charge >= 0.3 is 0 Å². The summed E-state index contributed by atoms with van der Waals surface area (Å²) in [7, 11) is 0. The van der Waals surface area contributed by atoms with Crippen LogP contribution in [-0.4, -0.2) is 12.3 Å². The summed E-state index contributed by atoms with van der Waals surface area (Å²) in [6, 6.07) is 89.6. The fraction of sp³-hybridized carbons (Fsp3) is 0.211. The number of anilines is 11. The highest BCUT2D eigenvalue weighted by Gasteiger charge is 2.58. The van der Waals surface area contributed by atoms with Gasteiger partial charge < -0.3 is 19.6 Å². The summed E-state index contributed by atoms with van der Waals surface area (Å²) in [5, 5.41) is 0. The number of nitrogens with zero attached hydrogens (tertiary/aromatic N) is 4. The van der Waals surface area contributed by atoms with Crippen LogP contribution in [0.4, 0.5) is 62.6 Å². The molecule has 1 fully saturated rings. The van der Waals surface area contributed by atoms with Crippen LogP contribution in [0.15, 0.2) is 237 Å². The molecule has 0 aromatic heterocycles. The second kappa shape index (κ2) is 19.1. The van der Waals surface area contributed by atoms with Crippen LogP contribution in [0.3, 0.4) is 0 Å². The highest BCUT2D eigenvalue weighted by Crippen LogP contribution is 2.63. The zero-order chi connectivity index (χ0) is 55.4. The SMILES string of the molecule is CC(C)(C)c1cccc(N2c3cc(C(C)(C)C)ccc3B3c4ccc(-c5ccccc5)cc4N(c4cccc(-c5ccccc5)c4)c4cc(N5c6ccc(N(c7ccccc7)c7ccccc7)cc6C6(C)CCCCC56C)cc2c43)c1. The molecule has 0 radical (unpaired) electrons. The van der Waals surface area contributed by atoms with Gasteiger partial charge in [-0.15, -0.1) is 0 Å². The highest BCUT2D eigenvalue weighted by atomic mass is 15.3. The minimum atomic E-state index is -0.245. The van der Waals surface area contributed by atoms with Crippen molar-refractivity contribution in [2.75, 3.05) is 19.6 Å². The van der Waals surface area contributed by atoms with Crippen LogP contribution in [0.5, 0.6) is 0 Å². The van der Waals surface area contributed by atoms with Crippen LogP contribution in [-0.2, 0) is 16.2 Å². The maximum Gasteiger partial charge on any atom is 0.252 e. The Morgan fingerprint density at radius 2 is 0.889 bits per heavy atom. The van der Waals surface area contributed by atoms with Gasteiger partial charge in [-0.3, -0.25) is 0 Å². The van der Waals surface area contributed by atoms with Crippen molar-refractivity contribution in [3.05, 3.63) is 253 Å². The molecule has 398 valence electrons. The summed E-state index contributed by atoms with van der Waals surface area (Å²) < 4.78 is 0. The molecule has 0 saturated heterocycles. The molecule has 3 aliphatic heterocycles. The molecular formula is C76H71BN4. The van der Waals surface area contributed by atoms with E-state index in [0.717, 1.165) is 29.9 Å². The molecule has 10 aromatic rings. The largest absolute Gasteiger partial charge is 0.334 e. The maximum atomic E-state index is 2.81. The molecule has 0 amide bonds. The molecule has 0 bridgehead atoms. The van der Waals surface area contributed by atoms with Gasteiger partial charge in [-0.2, -0.15) is 0 Å². The Morgan fingerprint density at radius 1 is 0.383 bits per heavy atom. The smallest absolute Gasteiger partial charge is 0.252 e. The number of benzene rings is 10. The molecule has 0 spiro atoms. The van der Waals surface area contributed by atoms with Crippen LogP contribution >= 0.6 is 0 Å². The summed E-state index contributed by atoms with van der Waals surface area (Å²) in [4.78, 5) is 10.5. The van der Waals surface area contributed by atoms with E-state index in [1.807, 2.05) is 0 Å². The Balaban J connectivity index is 1.08. The standard InChI is InChI=1S/C76H71BN4/c1-73(2,3)56-30-24-36-61(47-56)80-69-48-57(74(4,5)6)38-41-66(69)77-65-40-37-55(53-27-15-10-16-28-53)46-68(65)79(60-35-23-29-54(45-60)52-25-13-9-14-26-52)70-50-63(51-71(80)72(70)77)81-67-42-39-62(49-64(67)75(7)43-21-22-44-76(75,81)8)78(58-31-17-11-18-32-58)59-33-19-12-20-34-59/h9-20,23-42,45-51H,21-22,43-44H2,1-8H3. The third-order valence-electron chi connectivity index (χ3n) is 18.8. The first kappa shape index (κ1) is 50.7. The van der Waals surface area contributed by atoms with E-state index in [-0.39, 0.29) is 28.5 Å². The Kier molecular flexibility index (Phi) is 11.9. The van der Waals surface area contributed by atoms with Crippen LogP contribution in [0.2, 0.25) is 0 Å². The first-order valence-electron chi connectivity index (χ1n) is 29.4. The van der Waals surface area contributed by atoms with E-state index in [1.54, 1.807) is 0 Å². The average Bonchev–Trinajstić information content (AvgIpc) is 3.93. The van der Waals surface area contributed by atoms with Gasteiger partial charge in [0.1, 0.15) is 0 Å². The summed E-state index contributed by atoms with van der Waals surface area (Å²) in [6.45, 7) is 19.2. The van der Waals surface area contributed by atoms with Gasteiger partial charge in [-0.1, -0.05) is 207 Å². The molecule has 10 aromatic carbocycles. The fourth-order valence-corrected chi connectivity index (χ4v) is 14.4. The first-order chi connectivity index (χ1) is 39.2. The number of para-hydroxylation sites is 2. The van der Waals surface area contributed by atoms with E-state index < -0.39 is 0 Å². The summed E-state index contributed by atoms with van der Waals surface area (Å²) in [5.41, 5.74) is 25.5. The minimum Gasteiger partial charge on any atom is -0.334 e. The molecule has 0 N–H and O–H groups in total. The second-order valence-corrected chi connectivity index (χ2v) is 25.7. The monoisotopic (exact) mass is 1050 g/mol. The van der Waals surface area contributed by atoms with Crippen molar-refractivity contribution in [2.45, 2.75) is 103 Å². The van der Waals surface area contributed by atoms with E-state index in [2.05, 4.69) is 312 Å². The van der Waals surface area contributed by atoms with Gasteiger partial charge in [-0.05, 0) is 177 Å². The molecular weight excluding hydrogens is 980 g/mol. The van der Waals surface area contributed by atoms with Gasteiger partial charge in [0.25, 0.3) is 6.71 Å². The minimum absolute atomic E-state index is 0.0468. The number of hydrogen-bond donors (Lipinski definition) is 0.